The monoisotopic (exact) mass is 401 g/mol. The largest absolute Gasteiger partial charge is 0.478 e. The quantitative estimate of drug-likeness (QED) is 0.714. The zero-order valence-corrected chi connectivity index (χ0v) is 18.2. The summed E-state index contributed by atoms with van der Waals surface area (Å²) in [7, 11) is 0. The van der Waals surface area contributed by atoms with Gasteiger partial charge in [-0.1, -0.05) is 26.8 Å². The van der Waals surface area contributed by atoms with Crippen LogP contribution in [0.3, 0.4) is 0 Å². The molecule has 2 aliphatic heterocycles. The lowest BCUT2D eigenvalue weighted by molar-refractivity contribution is -0.129. The Balaban J connectivity index is 1.52. The number of carbonyl (C=O) groups excluding carboxylic acids is 2. The predicted octanol–water partition coefficient (Wildman–Crippen LogP) is 2.98. The first-order valence-electron chi connectivity index (χ1n) is 10.9. The maximum atomic E-state index is 12.8. The van der Waals surface area contributed by atoms with Gasteiger partial charge in [0.15, 0.2) is 6.10 Å². The smallest absolute Gasteiger partial charge is 0.268 e. The Kier molecular flexibility index (Phi) is 7.17. The van der Waals surface area contributed by atoms with E-state index in [1.54, 1.807) is 4.90 Å². The number of likely N-dealkylation sites (tertiary alicyclic amines) is 1. The number of anilines is 1. The number of hydrogen-bond acceptors (Lipinski definition) is 4. The van der Waals surface area contributed by atoms with Crippen LogP contribution in [0.4, 0.5) is 5.69 Å². The highest BCUT2D eigenvalue weighted by molar-refractivity contribution is 6.03. The molecular formula is C23H35N3O3. The molecule has 3 rings (SSSR count). The van der Waals surface area contributed by atoms with Crippen molar-refractivity contribution in [2.45, 2.75) is 53.1 Å². The molecule has 1 N–H and O–H groups in total. The van der Waals surface area contributed by atoms with Crippen molar-refractivity contribution in [3.05, 3.63) is 23.8 Å². The van der Waals surface area contributed by atoms with Crippen LogP contribution in [0.5, 0.6) is 5.75 Å². The molecule has 0 bridgehead atoms. The van der Waals surface area contributed by atoms with Gasteiger partial charge in [0.05, 0.1) is 5.69 Å². The normalized spacial score (nSPS) is 24.8. The summed E-state index contributed by atoms with van der Waals surface area (Å²) in [6.07, 6.45) is 2.29. The van der Waals surface area contributed by atoms with Gasteiger partial charge < -0.3 is 15.0 Å². The molecule has 2 amide bonds. The third-order valence-corrected chi connectivity index (χ3v) is 5.81. The lowest BCUT2D eigenvalue weighted by Gasteiger charge is -2.35. The zero-order valence-electron chi connectivity index (χ0n) is 18.2. The van der Waals surface area contributed by atoms with E-state index in [9.17, 15) is 9.59 Å². The number of hydrogen-bond donors (Lipinski definition) is 1. The Hall–Kier alpha value is -2.08. The number of nitrogens with one attached hydrogen (secondary N) is 1. The number of nitrogens with zero attached hydrogens (tertiary/aromatic N) is 2. The van der Waals surface area contributed by atoms with Gasteiger partial charge in [0.1, 0.15) is 12.3 Å². The molecule has 1 aromatic rings. The number of amides is 2. The van der Waals surface area contributed by atoms with E-state index in [0.717, 1.165) is 43.5 Å². The maximum absolute atomic E-state index is 12.8. The molecule has 0 unspecified atom stereocenters. The standard InChI is InChI=1S/C23H35N3O3/c1-5-20-23(28)26(19-12-16(2)7-8-21(19)29-20)15-22(27)24-9-6-10-25-13-17(3)11-18(4)14-25/h7-8,12,17-18,20H,5-6,9-11,13-15H2,1-4H3,(H,24,27)/t17-,18-,20+/m1/s1. The number of rotatable bonds is 7. The van der Waals surface area contributed by atoms with Gasteiger partial charge in [-0.05, 0) is 62.3 Å². The molecule has 1 fully saturated rings. The van der Waals surface area contributed by atoms with Crippen molar-refractivity contribution in [1.29, 1.82) is 0 Å². The number of piperidine rings is 1. The van der Waals surface area contributed by atoms with E-state index in [1.807, 2.05) is 32.0 Å². The van der Waals surface area contributed by atoms with Crippen LogP contribution in [0, 0.1) is 18.8 Å². The SMILES string of the molecule is CC[C@@H]1Oc2ccc(C)cc2N(CC(=O)NCCCN2C[C@H](C)C[C@@H](C)C2)C1=O. The van der Waals surface area contributed by atoms with Crippen molar-refractivity contribution in [3.8, 4) is 5.75 Å². The Bertz CT molecular complexity index is 726. The molecule has 29 heavy (non-hydrogen) atoms. The minimum Gasteiger partial charge on any atom is -0.478 e. The summed E-state index contributed by atoms with van der Waals surface area (Å²) in [5.41, 5.74) is 1.72. The van der Waals surface area contributed by atoms with Gasteiger partial charge in [0, 0.05) is 19.6 Å². The van der Waals surface area contributed by atoms with E-state index in [0.29, 0.717) is 24.4 Å². The van der Waals surface area contributed by atoms with E-state index < -0.39 is 6.10 Å². The Morgan fingerprint density at radius 3 is 2.66 bits per heavy atom. The summed E-state index contributed by atoms with van der Waals surface area (Å²) in [4.78, 5) is 29.4. The van der Waals surface area contributed by atoms with Crippen LogP contribution < -0.4 is 15.0 Å². The average Bonchev–Trinajstić information content (AvgIpc) is 2.67. The molecule has 3 atom stereocenters. The summed E-state index contributed by atoms with van der Waals surface area (Å²) in [5, 5.41) is 2.99. The highest BCUT2D eigenvalue weighted by Gasteiger charge is 2.34. The van der Waals surface area contributed by atoms with Crippen LogP contribution in [0.25, 0.3) is 0 Å². The number of fused-ring (bicyclic) bond motifs is 1. The topological polar surface area (TPSA) is 61.9 Å². The number of aryl methyl sites for hydroxylation is 1. The molecular weight excluding hydrogens is 366 g/mol. The fourth-order valence-electron chi connectivity index (χ4n) is 4.56. The first-order valence-corrected chi connectivity index (χ1v) is 10.9. The molecule has 6 heteroatoms. The minimum atomic E-state index is -0.527. The number of carbonyl (C=O) groups is 2. The Morgan fingerprint density at radius 1 is 1.24 bits per heavy atom. The molecule has 1 aromatic carbocycles. The van der Waals surface area contributed by atoms with Gasteiger partial charge in [-0.15, -0.1) is 0 Å². The van der Waals surface area contributed by atoms with Gasteiger partial charge in [0.2, 0.25) is 5.91 Å². The van der Waals surface area contributed by atoms with Crippen molar-refractivity contribution in [2.75, 3.05) is 37.6 Å². The van der Waals surface area contributed by atoms with Gasteiger partial charge >= 0.3 is 0 Å². The van der Waals surface area contributed by atoms with Crippen LogP contribution in [0.1, 0.15) is 45.6 Å². The van der Waals surface area contributed by atoms with Crippen molar-refractivity contribution >= 4 is 17.5 Å². The summed E-state index contributed by atoms with van der Waals surface area (Å²) in [5.74, 6) is 1.90. The molecule has 160 valence electrons. The van der Waals surface area contributed by atoms with Gasteiger partial charge in [0.25, 0.3) is 5.91 Å². The van der Waals surface area contributed by atoms with E-state index in [2.05, 4.69) is 24.1 Å². The van der Waals surface area contributed by atoms with Crippen LogP contribution >= 0.6 is 0 Å². The van der Waals surface area contributed by atoms with E-state index in [1.165, 1.54) is 6.42 Å². The molecule has 6 nitrogen and oxygen atoms in total. The lowest BCUT2D eigenvalue weighted by Crippen LogP contribution is -2.49. The highest BCUT2D eigenvalue weighted by Crippen LogP contribution is 2.35. The second-order valence-corrected chi connectivity index (χ2v) is 8.82. The first-order chi connectivity index (χ1) is 13.9. The average molecular weight is 402 g/mol. The molecule has 0 spiro atoms. The van der Waals surface area contributed by atoms with Gasteiger partial charge in [-0.25, -0.2) is 0 Å². The van der Waals surface area contributed by atoms with Crippen LogP contribution in [0.2, 0.25) is 0 Å². The Morgan fingerprint density at radius 2 is 1.97 bits per heavy atom. The minimum absolute atomic E-state index is 0.0347. The Labute approximate surface area is 174 Å². The summed E-state index contributed by atoms with van der Waals surface area (Å²) >= 11 is 0. The molecule has 1 saturated heterocycles. The summed E-state index contributed by atoms with van der Waals surface area (Å²) < 4.78 is 5.81. The van der Waals surface area contributed by atoms with Crippen molar-refractivity contribution in [3.63, 3.8) is 0 Å². The molecule has 0 radical (unpaired) electrons. The molecule has 2 aliphatic rings. The molecule has 0 aliphatic carbocycles. The van der Waals surface area contributed by atoms with Gasteiger partial charge in [-0.2, -0.15) is 0 Å². The fourth-order valence-corrected chi connectivity index (χ4v) is 4.56. The first kappa shape index (κ1) is 21.6. The lowest BCUT2D eigenvalue weighted by atomic mass is 9.92. The fraction of sp³-hybridized carbons (Fsp3) is 0.652. The van der Waals surface area contributed by atoms with Crippen molar-refractivity contribution in [2.24, 2.45) is 11.8 Å². The van der Waals surface area contributed by atoms with Crippen molar-refractivity contribution in [1.82, 2.24) is 10.2 Å². The van der Waals surface area contributed by atoms with Crippen molar-refractivity contribution < 1.29 is 14.3 Å². The number of ether oxygens (including phenoxy) is 1. The van der Waals surface area contributed by atoms with Crippen LogP contribution in [0.15, 0.2) is 18.2 Å². The molecule has 2 heterocycles. The predicted molar refractivity (Wildman–Crippen MR) is 115 cm³/mol. The number of benzene rings is 1. The van der Waals surface area contributed by atoms with Gasteiger partial charge in [-0.3, -0.25) is 14.5 Å². The highest BCUT2D eigenvalue weighted by atomic mass is 16.5. The zero-order chi connectivity index (χ0) is 21.0. The third kappa shape index (κ3) is 5.50. The third-order valence-electron chi connectivity index (χ3n) is 5.81. The summed E-state index contributed by atoms with van der Waals surface area (Å²) in [6, 6.07) is 5.75. The van der Waals surface area contributed by atoms with E-state index >= 15 is 0 Å². The second-order valence-electron chi connectivity index (χ2n) is 8.82. The molecule has 0 aromatic heterocycles. The maximum Gasteiger partial charge on any atom is 0.268 e. The second kappa shape index (κ2) is 9.61. The van der Waals surface area contributed by atoms with Crippen LogP contribution in [-0.4, -0.2) is 55.5 Å². The molecule has 0 saturated carbocycles. The van der Waals surface area contributed by atoms with E-state index in [4.69, 9.17) is 4.74 Å². The van der Waals surface area contributed by atoms with E-state index in [-0.39, 0.29) is 18.4 Å². The summed E-state index contributed by atoms with van der Waals surface area (Å²) in [6.45, 7) is 12.5. The van der Waals surface area contributed by atoms with Crippen LogP contribution in [-0.2, 0) is 9.59 Å².